The van der Waals surface area contributed by atoms with Crippen molar-refractivity contribution in [1.82, 2.24) is 0 Å². The predicted molar refractivity (Wildman–Crippen MR) is 52.1 cm³/mol. The maximum atomic E-state index is 11.0. The van der Waals surface area contributed by atoms with Gasteiger partial charge in [-0.2, -0.15) is 0 Å². The molecule has 0 aromatic carbocycles. The normalized spacial score (nSPS) is 53.0. The molecule has 0 aromatic rings. The van der Waals surface area contributed by atoms with Crippen LogP contribution in [0.4, 0.5) is 0 Å². The van der Waals surface area contributed by atoms with E-state index in [1.807, 2.05) is 0 Å². The van der Waals surface area contributed by atoms with E-state index in [2.05, 4.69) is 25.9 Å². The Balaban J connectivity index is 0.00000576. The number of phosphoric acid groups is 6. The molecule has 0 aromatic heterocycles. The van der Waals surface area contributed by atoms with Crippen molar-refractivity contribution >= 4 is 46.9 Å². The van der Waals surface area contributed by atoms with Crippen molar-refractivity contribution in [2.75, 3.05) is 0 Å². The van der Waals surface area contributed by atoms with Crippen LogP contribution in [0.2, 0.25) is 0 Å². The van der Waals surface area contributed by atoms with Gasteiger partial charge in [0, 0.05) is 21.1 Å². The molecule has 0 amide bonds. The Morgan fingerprint density at radius 3 is 0.520 bits per heavy atom. The summed E-state index contributed by atoms with van der Waals surface area (Å²) in [6.45, 7) is 0. The van der Waals surface area contributed by atoms with E-state index in [-0.39, 0.29) is 21.1 Å². The average molecular weight is 570 g/mol. The molecule has 0 spiro atoms. The van der Waals surface area contributed by atoms with Gasteiger partial charge in [0.05, 0.1) is 0 Å². The molecule has 25 heavy (non-hydrogen) atoms. The zero-order valence-corrected chi connectivity index (χ0v) is 17.8. The molecule has 1 aliphatic rings. The molecule has 0 saturated carbocycles. The van der Waals surface area contributed by atoms with E-state index in [0.29, 0.717) is 0 Å². The van der Waals surface area contributed by atoms with Crippen molar-refractivity contribution in [3.05, 3.63) is 0 Å². The van der Waals surface area contributed by atoms with Crippen LogP contribution in [0.5, 0.6) is 0 Å². The van der Waals surface area contributed by atoms with Crippen LogP contribution >= 0.6 is 46.9 Å². The Bertz CT molecular complexity index is 581. The van der Waals surface area contributed by atoms with E-state index in [0.717, 1.165) is 0 Å². The van der Waals surface area contributed by atoms with Crippen LogP contribution in [0.1, 0.15) is 0 Å². The number of hydrogen-bond acceptors (Lipinski definition) is 18. The van der Waals surface area contributed by atoms with Gasteiger partial charge in [0.2, 0.25) is 0 Å². The molecule has 0 radical (unpaired) electrons. The molecule has 150 valence electrons. The van der Waals surface area contributed by atoms with Gasteiger partial charge in [0.25, 0.3) is 46.9 Å². The van der Waals surface area contributed by atoms with E-state index in [1.165, 1.54) is 0 Å². The molecule has 0 aliphatic carbocycles. The second-order valence-electron chi connectivity index (χ2n) is 3.17. The van der Waals surface area contributed by atoms with E-state index in [1.54, 1.807) is 0 Å². The molecule has 0 N–H and O–H groups in total. The zero-order valence-electron chi connectivity index (χ0n) is 10.4. The quantitative estimate of drug-likeness (QED) is 0.206. The van der Waals surface area contributed by atoms with E-state index < -0.39 is 46.9 Å². The summed E-state index contributed by atoms with van der Waals surface area (Å²) in [6.07, 6.45) is 0. The third-order valence-corrected chi connectivity index (χ3v) is 10.8. The van der Waals surface area contributed by atoms with Crippen LogP contribution in [0.3, 0.4) is 0 Å². The Hall–Kier alpha value is 1.59. The van der Waals surface area contributed by atoms with Crippen LogP contribution in [0.15, 0.2) is 0 Å². The van der Waals surface area contributed by atoms with Crippen molar-refractivity contribution in [2.45, 2.75) is 0 Å². The predicted octanol–water partition coefficient (Wildman–Crippen LogP) is -3.09. The van der Waals surface area contributed by atoms with Gasteiger partial charge in [0.15, 0.2) is 0 Å². The van der Waals surface area contributed by atoms with E-state index in [9.17, 15) is 56.8 Å². The van der Waals surface area contributed by atoms with Crippen molar-refractivity contribution < 1.29 is 104 Å². The van der Waals surface area contributed by atoms with Crippen LogP contribution in [0.25, 0.3) is 0 Å². The molecular weight excluding hydrogens is 570 g/mol. The van der Waals surface area contributed by atoms with Gasteiger partial charge < -0.3 is 29.4 Å². The number of rotatable bonds is 0. The largest absolute Gasteiger partial charge is 0.756 e. The van der Waals surface area contributed by atoms with Crippen molar-refractivity contribution in [2.24, 2.45) is 0 Å². The molecule has 1 aliphatic heterocycles. The fourth-order valence-corrected chi connectivity index (χ4v) is 9.03. The molecule has 25 heteroatoms. The first-order valence-corrected chi connectivity index (χ1v) is 13.1. The third kappa shape index (κ3) is 10.1. The van der Waals surface area contributed by atoms with Gasteiger partial charge >= 0.3 is 0 Å². The summed E-state index contributed by atoms with van der Waals surface area (Å²) in [5.74, 6) is 0. The maximum Gasteiger partial charge on any atom is 0.280 e. The van der Waals surface area contributed by atoms with Gasteiger partial charge in [-0.3, -0.25) is 27.4 Å². The van der Waals surface area contributed by atoms with Gasteiger partial charge in [0.1, 0.15) is 0 Å². The summed E-state index contributed by atoms with van der Waals surface area (Å²) >= 11 is 0. The maximum absolute atomic E-state index is 11.0. The van der Waals surface area contributed by atoms with Crippen LogP contribution in [0, 0.1) is 0 Å². The summed E-state index contributed by atoms with van der Waals surface area (Å²) in [5.41, 5.74) is 0. The summed E-state index contributed by atoms with van der Waals surface area (Å²) in [7, 11) is -39.3. The average Bonchev–Trinajstić information content (AvgIpc) is 1.98. The standard InChI is InChI=1S/Mo.H6O18P6/c;1-19(2)13-20(3,4)15-22(7,8)17-24(11,12)18-23(9,10)16-21(5,6)14-19/h;(H,1,2)(H,3,4)(H,5,6)(H,7,8)(H,9,10)(H,11,12)/p-6. The Morgan fingerprint density at radius 1 is 0.360 bits per heavy atom. The Labute approximate surface area is 151 Å². The van der Waals surface area contributed by atoms with Crippen molar-refractivity contribution in [1.29, 1.82) is 0 Å². The molecule has 1 saturated heterocycles. The second-order valence-corrected chi connectivity index (χ2v) is 12.5. The molecule has 0 bridgehead atoms. The Morgan fingerprint density at radius 2 is 0.440 bits per heavy atom. The fraction of sp³-hybridized carbons (Fsp3) is 0. The summed E-state index contributed by atoms with van der Waals surface area (Å²) in [5, 5.41) is 0. The molecule has 18 nitrogen and oxygen atoms in total. The van der Waals surface area contributed by atoms with Crippen LogP contribution < -0.4 is 29.4 Å². The van der Waals surface area contributed by atoms with Crippen LogP contribution in [-0.4, -0.2) is 0 Å². The summed E-state index contributed by atoms with van der Waals surface area (Å²) < 4.78 is 83.4. The van der Waals surface area contributed by atoms with Crippen LogP contribution in [-0.2, 0) is 74.3 Å². The molecular formula is MoO18P6-6. The Kier molecular flexibility index (Phi) is 8.66. The van der Waals surface area contributed by atoms with Gasteiger partial charge in [-0.05, 0) is 0 Å². The van der Waals surface area contributed by atoms with Gasteiger partial charge in [-0.25, -0.2) is 25.9 Å². The summed E-state index contributed by atoms with van der Waals surface area (Å²) in [6, 6.07) is 0. The fourth-order valence-electron chi connectivity index (χ4n) is 0.824. The van der Waals surface area contributed by atoms with Crippen molar-refractivity contribution in [3.8, 4) is 0 Å². The second kappa shape index (κ2) is 8.14. The van der Waals surface area contributed by atoms with Gasteiger partial charge in [-0.1, -0.05) is 0 Å². The zero-order chi connectivity index (χ0) is 19.2. The first-order chi connectivity index (χ1) is 10.2. The van der Waals surface area contributed by atoms with E-state index in [4.69, 9.17) is 0 Å². The summed E-state index contributed by atoms with van der Waals surface area (Å²) in [4.78, 5) is 65.8. The molecule has 0 unspecified atom stereocenters. The smallest absolute Gasteiger partial charge is 0.280 e. The number of hydrogen-bond donors (Lipinski definition) is 0. The molecule has 1 fully saturated rings. The van der Waals surface area contributed by atoms with Crippen molar-refractivity contribution in [3.63, 3.8) is 0 Å². The first kappa shape index (κ1) is 26.6. The SMILES string of the molecule is O=P1([O-])OP(=O)([O-])OP(=O)([O-])OP(=O)([O-])OP(=O)([O-])OP(=O)([O-])O1.[Mo]. The minimum atomic E-state index is -6.56. The third-order valence-electron chi connectivity index (χ3n) is 1.20. The van der Waals surface area contributed by atoms with Gasteiger partial charge in [-0.15, -0.1) is 0 Å². The topological polar surface area (TPSA) is 296 Å². The molecule has 0 atom stereocenters. The minimum Gasteiger partial charge on any atom is -0.756 e. The first-order valence-electron chi connectivity index (χ1n) is 4.38. The minimum absolute atomic E-state index is 0. The molecule has 1 rings (SSSR count). The van der Waals surface area contributed by atoms with E-state index >= 15 is 0 Å². The monoisotopic (exact) mass is 572 g/mol. The molecule has 1 heterocycles.